The smallest absolute Gasteiger partial charge is 0.339 e. The summed E-state index contributed by atoms with van der Waals surface area (Å²) >= 11 is 0. The van der Waals surface area contributed by atoms with E-state index in [0.29, 0.717) is 12.2 Å². The van der Waals surface area contributed by atoms with Gasteiger partial charge in [-0.3, -0.25) is 0 Å². The number of hydrogen-bond donors (Lipinski definition) is 0. The van der Waals surface area contributed by atoms with Gasteiger partial charge in [0.1, 0.15) is 0 Å². The summed E-state index contributed by atoms with van der Waals surface area (Å²) in [6, 6.07) is 1.85. The summed E-state index contributed by atoms with van der Waals surface area (Å²) in [7, 11) is 1.94. The van der Waals surface area contributed by atoms with Gasteiger partial charge in [-0.15, -0.1) is 0 Å². The topological polar surface area (TPSA) is 31.2 Å². The van der Waals surface area contributed by atoms with Gasteiger partial charge in [0.05, 0.1) is 12.2 Å². The van der Waals surface area contributed by atoms with Crippen molar-refractivity contribution in [1.29, 1.82) is 0 Å². The molecular weight excluding hydrogens is 166 g/mol. The number of rotatable bonds is 2. The van der Waals surface area contributed by atoms with E-state index in [1.807, 2.05) is 38.5 Å². The first-order chi connectivity index (χ1) is 6.07. The Kier molecular flexibility index (Phi) is 2.76. The van der Waals surface area contributed by atoms with Crippen LogP contribution in [0.25, 0.3) is 0 Å². The quantitative estimate of drug-likeness (QED) is 0.652. The summed E-state index contributed by atoms with van der Waals surface area (Å²) in [6.45, 7) is 6.12. The van der Waals surface area contributed by atoms with Gasteiger partial charge in [-0.1, -0.05) is 0 Å². The highest BCUT2D eigenvalue weighted by Gasteiger charge is 2.14. The summed E-state index contributed by atoms with van der Waals surface area (Å²) < 4.78 is 6.90. The third kappa shape index (κ3) is 1.74. The van der Waals surface area contributed by atoms with Gasteiger partial charge in [0.25, 0.3) is 0 Å². The Labute approximate surface area is 78.3 Å². The number of ether oxygens (including phenoxy) is 1. The minimum atomic E-state index is -0.233. The molecule has 0 aromatic carbocycles. The predicted octanol–water partition coefficient (Wildman–Crippen LogP) is 1.82. The Morgan fingerprint density at radius 3 is 2.54 bits per heavy atom. The number of carbonyl (C=O) groups is 1. The normalized spacial score (nSPS) is 10.2. The Bertz CT molecular complexity index is 326. The molecule has 1 rings (SSSR count). The summed E-state index contributed by atoms with van der Waals surface area (Å²) in [5, 5.41) is 0. The van der Waals surface area contributed by atoms with Crippen molar-refractivity contribution in [2.45, 2.75) is 20.8 Å². The van der Waals surface area contributed by atoms with Crippen molar-refractivity contribution in [3.05, 3.63) is 23.0 Å². The number of nitrogens with zero attached hydrogens (tertiary/aromatic N) is 1. The van der Waals surface area contributed by atoms with Crippen LogP contribution in [0.1, 0.15) is 28.7 Å². The maximum Gasteiger partial charge on any atom is 0.339 e. The molecule has 0 bridgehead atoms. The van der Waals surface area contributed by atoms with Gasteiger partial charge in [0.2, 0.25) is 0 Å². The molecule has 1 aromatic heterocycles. The molecule has 0 aliphatic rings. The first-order valence-electron chi connectivity index (χ1n) is 4.38. The van der Waals surface area contributed by atoms with E-state index in [-0.39, 0.29) is 5.97 Å². The number of aromatic nitrogens is 1. The van der Waals surface area contributed by atoms with Gasteiger partial charge in [0, 0.05) is 18.4 Å². The van der Waals surface area contributed by atoms with Crippen LogP contribution in [-0.2, 0) is 11.8 Å². The molecule has 0 spiro atoms. The third-order valence-corrected chi connectivity index (χ3v) is 2.27. The number of hydrogen-bond acceptors (Lipinski definition) is 2. The van der Waals surface area contributed by atoms with E-state index in [9.17, 15) is 4.79 Å². The van der Waals surface area contributed by atoms with Gasteiger partial charge in [-0.05, 0) is 26.8 Å². The lowest BCUT2D eigenvalue weighted by molar-refractivity contribution is 0.0525. The predicted molar refractivity (Wildman–Crippen MR) is 50.8 cm³/mol. The lowest BCUT2D eigenvalue weighted by Gasteiger charge is -2.01. The second-order valence-electron chi connectivity index (χ2n) is 3.06. The van der Waals surface area contributed by atoms with Gasteiger partial charge >= 0.3 is 5.97 Å². The molecule has 3 heteroatoms. The molecule has 0 aliphatic heterocycles. The number of carbonyl (C=O) groups excluding carboxylic acids is 1. The maximum atomic E-state index is 11.4. The lowest BCUT2D eigenvalue weighted by atomic mass is 10.2. The Morgan fingerprint density at radius 1 is 1.54 bits per heavy atom. The van der Waals surface area contributed by atoms with Gasteiger partial charge in [0.15, 0.2) is 0 Å². The molecule has 3 nitrogen and oxygen atoms in total. The largest absolute Gasteiger partial charge is 0.462 e. The van der Waals surface area contributed by atoms with Gasteiger partial charge in [-0.25, -0.2) is 4.79 Å². The first-order valence-corrected chi connectivity index (χ1v) is 4.38. The summed E-state index contributed by atoms with van der Waals surface area (Å²) in [5.41, 5.74) is 2.69. The summed E-state index contributed by atoms with van der Waals surface area (Å²) in [6.07, 6.45) is 0. The molecule has 0 unspecified atom stereocenters. The molecule has 72 valence electrons. The van der Waals surface area contributed by atoms with Crippen molar-refractivity contribution in [1.82, 2.24) is 4.57 Å². The lowest BCUT2D eigenvalue weighted by Crippen LogP contribution is -2.06. The molecule has 0 fully saturated rings. The maximum absolute atomic E-state index is 11.4. The van der Waals surface area contributed by atoms with Crippen molar-refractivity contribution in [3.8, 4) is 0 Å². The molecule has 0 atom stereocenters. The molecule has 13 heavy (non-hydrogen) atoms. The van der Waals surface area contributed by atoms with E-state index in [1.54, 1.807) is 0 Å². The minimum absolute atomic E-state index is 0.233. The Morgan fingerprint density at radius 2 is 2.15 bits per heavy atom. The molecule has 0 amide bonds. The highest BCUT2D eigenvalue weighted by molar-refractivity contribution is 5.91. The van der Waals surface area contributed by atoms with Crippen LogP contribution in [-0.4, -0.2) is 17.1 Å². The zero-order chi connectivity index (χ0) is 10.0. The van der Waals surface area contributed by atoms with Crippen LogP contribution in [0.5, 0.6) is 0 Å². The van der Waals surface area contributed by atoms with Crippen LogP contribution in [0.4, 0.5) is 0 Å². The zero-order valence-corrected chi connectivity index (χ0v) is 8.55. The van der Waals surface area contributed by atoms with E-state index in [1.165, 1.54) is 0 Å². The number of esters is 1. The van der Waals surface area contributed by atoms with Crippen molar-refractivity contribution in [2.75, 3.05) is 6.61 Å². The van der Waals surface area contributed by atoms with Crippen molar-refractivity contribution in [3.63, 3.8) is 0 Å². The zero-order valence-electron chi connectivity index (χ0n) is 8.55. The van der Waals surface area contributed by atoms with Crippen LogP contribution >= 0.6 is 0 Å². The highest BCUT2D eigenvalue weighted by Crippen LogP contribution is 2.13. The minimum Gasteiger partial charge on any atom is -0.462 e. The third-order valence-electron chi connectivity index (χ3n) is 2.27. The molecule has 0 saturated heterocycles. The average Bonchev–Trinajstić information content (AvgIpc) is 2.33. The van der Waals surface area contributed by atoms with Crippen LogP contribution in [0, 0.1) is 13.8 Å². The van der Waals surface area contributed by atoms with E-state index < -0.39 is 0 Å². The SMILES string of the molecule is CCOC(=O)c1cc(C)n(C)c1C. The fourth-order valence-corrected chi connectivity index (χ4v) is 1.27. The van der Waals surface area contributed by atoms with Gasteiger partial charge in [-0.2, -0.15) is 0 Å². The van der Waals surface area contributed by atoms with Crippen molar-refractivity contribution in [2.24, 2.45) is 7.05 Å². The second kappa shape index (κ2) is 3.64. The van der Waals surface area contributed by atoms with Crippen molar-refractivity contribution >= 4 is 5.97 Å². The highest BCUT2D eigenvalue weighted by atomic mass is 16.5. The van der Waals surface area contributed by atoms with Gasteiger partial charge < -0.3 is 9.30 Å². The van der Waals surface area contributed by atoms with Crippen molar-refractivity contribution < 1.29 is 9.53 Å². The van der Waals surface area contributed by atoms with Crippen LogP contribution in [0.2, 0.25) is 0 Å². The number of aryl methyl sites for hydroxylation is 1. The first kappa shape index (κ1) is 9.84. The Balaban J connectivity index is 3.01. The molecule has 0 saturated carbocycles. The van der Waals surface area contributed by atoms with Crippen LogP contribution < -0.4 is 0 Å². The molecule has 0 N–H and O–H groups in total. The molecule has 1 aromatic rings. The summed E-state index contributed by atoms with van der Waals surface area (Å²) in [5.74, 6) is -0.233. The molecule has 0 aliphatic carbocycles. The monoisotopic (exact) mass is 181 g/mol. The standard InChI is InChI=1S/C10H15NO2/c1-5-13-10(12)9-6-7(2)11(4)8(9)3/h6H,5H2,1-4H3. The second-order valence-corrected chi connectivity index (χ2v) is 3.06. The molecule has 0 radical (unpaired) electrons. The molecule has 1 heterocycles. The van der Waals surface area contributed by atoms with E-state index in [2.05, 4.69) is 0 Å². The van der Waals surface area contributed by atoms with Crippen LogP contribution in [0.15, 0.2) is 6.07 Å². The summed E-state index contributed by atoms with van der Waals surface area (Å²) in [4.78, 5) is 11.4. The molecular formula is C10H15NO2. The van der Waals surface area contributed by atoms with E-state index in [0.717, 1.165) is 11.4 Å². The van der Waals surface area contributed by atoms with E-state index in [4.69, 9.17) is 4.74 Å². The Hall–Kier alpha value is -1.25. The van der Waals surface area contributed by atoms with E-state index >= 15 is 0 Å². The average molecular weight is 181 g/mol. The fourth-order valence-electron chi connectivity index (χ4n) is 1.27. The fraction of sp³-hybridized carbons (Fsp3) is 0.500. The van der Waals surface area contributed by atoms with Crippen LogP contribution in [0.3, 0.4) is 0 Å².